The lowest BCUT2D eigenvalue weighted by atomic mass is 10.1. The van der Waals surface area contributed by atoms with Crippen LogP contribution in [-0.4, -0.2) is 22.8 Å². The van der Waals surface area contributed by atoms with Gasteiger partial charge in [-0.1, -0.05) is 29.8 Å². The third-order valence-electron chi connectivity index (χ3n) is 4.98. The number of rotatable bonds is 7. The molecule has 1 N–H and O–H groups in total. The molecule has 4 rings (SSSR count). The summed E-state index contributed by atoms with van der Waals surface area (Å²) in [6.07, 6.45) is 3.73. The van der Waals surface area contributed by atoms with Gasteiger partial charge in [-0.15, -0.1) is 0 Å². The van der Waals surface area contributed by atoms with Gasteiger partial charge in [0.15, 0.2) is 0 Å². The lowest BCUT2D eigenvalue weighted by Crippen LogP contribution is -2.30. The smallest absolute Gasteiger partial charge is 0.254 e. The number of nitrogens with one attached hydrogen (secondary N) is 1. The summed E-state index contributed by atoms with van der Waals surface area (Å²) in [5.41, 5.74) is 3.29. The molecular weight excluding hydrogens is 364 g/mol. The first kappa shape index (κ1) is 19.0. The second kappa shape index (κ2) is 8.35. The molecule has 148 valence electrons. The van der Waals surface area contributed by atoms with Crippen LogP contribution in [0.15, 0.2) is 71.3 Å². The minimum Gasteiger partial charge on any atom is -0.467 e. The molecule has 29 heavy (non-hydrogen) atoms. The highest BCUT2D eigenvalue weighted by molar-refractivity contribution is 5.95. The van der Waals surface area contributed by atoms with Gasteiger partial charge in [0.05, 0.1) is 12.8 Å². The highest BCUT2D eigenvalue weighted by Crippen LogP contribution is 2.20. The van der Waals surface area contributed by atoms with Crippen LogP contribution in [0.1, 0.15) is 50.4 Å². The number of amides is 2. The Labute approximate surface area is 170 Å². The zero-order valence-electron chi connectivity index (χ0n) is 16.4. The SMILES string of the molecule is Cc1cccc(C(=O)N(Cc2ccc(C(=O)NC3CC3)cc2)Cc2ccco2)c1. The molecule has 0 atom stereocenters. The summed E-state index contributed by atoms with van der Waals surface area (Å²) < 4.78 is 5.46. The van der Waals surface area contributed by atoms with Crippen LogP contribution in [0.4, 0.5) is 0 Å². The highest BCUT2D eigenvalue weighted by atomic mass is 16.3. The first-order valence-corrected chi connectivity index (χ1v) is 9.86. The molecule has 5 heteroatoms. The summed E-state index contributed by atoms with van der Waals surface area (Å²) >= 11 is 0. The molecule has 2 aromatic carbocycles. The van der Waals surface area contributed by atoms with Crippen LogP contribution in [0.5, 0.6) is 0 Å². The van der Waals surface area contributed by atoms with E-state index in [0.29, 0.717) is 30.3 Å². The summed E-state index contributed by atoms with van der Waals surface area (Å²) in [7, 11) is 0. The number of hydrogen-bond acceptors (Lipinski definition) is 3. The monoisotopic (exact) mass is 388 g/mol. The molecule has 1 aliphatic rings. The van der Waals surface area contributed by atoms with Crippen molar-refractivity contribution in [3.05, 3.63) is 94.9 Å². The topological polar surface area (TPSA) is 62.6 Å². The minimum absolute atomic E-state index is 0.0395. The number of furan rings is 1. The van der Waals surface area contributed by atoms with Crippen LogP contribution < -0.4 is 5.32 Å². The van der Waals surface area contributed by atoms with E-state index in [9.17, 15) is 9.59 Å². The molecule has 5 nitrogen and oxygen atoms in total. The number of carbonyl (C=O) groups excluding carboxylic acids is 2. The van der Waals surface area contributed by atoms with Crippen molar-refractivity contribution in [3.8, 4) is 0 Å². The van der Waals surface area contributed by atoms with Crippen molar-refractivity contribution in [2.75, 3.05) is 0 Å². The van der Waals surface area contributed by atoms with E-state index < -0.39 is 0 Å². The van der Waals surface area contributed by atoms with Crippen LogP contribution in [0.2, 0.25) is 0 Å². The molecule has 1 heterocycles. The fraction of sp³-hybridized carbons (Fsp3) is 0.250. The van der Waals surface area contributed by atoms with Crippen molar-refractivity contribution >= 4 is 11.8 Å². The second-order valence-corrected chi connectivity index (χ2v) is 7.55. The van der Waals surface area contributed by atoms with Crippen molar-refractivity contribution in [1.29, 1.82) is 0 Å². The number of hydrogen-bond donors (Lipinski definition) is 1. The fourth-order valence-corrected chi connectivity index (χ4v) is 3.23. The molecule has 0 bridgehead atoms. The van der Waals surface area contributed by atoms with Crippen molar-refractivity contribution in [3.63, 3.8) is 0 Å². The van der Waals surface area contributed by atoms with E-state index in [1.807, 2.05) is 67.6 Å². The van der Waals surface area contributed by atoms with Gasteiger partial charge in [-0.25, -0.2) is 0 Å². The zero-order valence-corrected chi connectivity index (χ0v) is 16.4. The van der Waals surface area contributed by atoms with E-state index in [0.717, 1.165) is 29.7 Å². The second-order valence-electron chi connectivity index (χ2n) is 7.55. The van der Waals surface area contributed by atoms with Gasteiger partial charge in [-0.05, 0) is 61.7 Å². The first-order valence-electron chi connectivity index (χ1n) is 9.86. The van der Waals surface area contributed by atoms with Gasteiger partial charge in [0.25, 0.3) is 11.8 Å². The molecule has 1 fully saturated rings. The lowest BCUT2D eigenvalue weighted by molar-refractivity contribution is 0.0717. The summed E-state index contributed by atoms with van der Waals surface area (Å²) in [5, 5.41) is 2.99. The van der Waals surface area contributed by atoms with Crippen LogP contribution >= 0.6 is 0 Å². The fourth-order valence-electron chi connectivity index (χ4n) is 3.23. The maximum absolute atomic E-state index is 13.2. The number of aryl methyl sites for hydroxylation is 1. The predicted octanol–water partition coefficient (Wildman–Crippen LogP) is 4.32. The van der Waals surface area contributed by atoms with Crippen molar-refractivity contribution in [2.24, 2.45) is 0 Å². The summed E-state index contributed by atoms with van der Waals surface area (Å²) in [6, 6.07) is 19.0. The van der Waals surface area contributed by atoms with E-state index in [1.54, 1.807) is 11.2 Å². The van der Waals surface area contributed by atoms with E-state index in [1.165, 1.54) is 0 Å². The van der Waals surface area contributed by atoms with Gasteiger partial charge in [0.1, 0.15) is 5.76 Å². The Hall–Kier alpha value is -3.34. The van der Waals surface area contributed by atoms with Gasteiger partial charge in [-0.2, -0.15) is 0 Å². The van der Waals surface area contributed by atoms with Crippen LogP contribution in [0.25, 0.3) is 0 Å². The molecular formula is C24H24N2O3. The Balaban J connectivity index is 1.51. The molecule has 0 saturated heterocycles. The molecule has 0 aliphatic heterocycles. The van der Waals surface area contributed by atoms with Crippen LogP contribution in [-0.2, 0) is 13.1 Å². The number of benzene rings is 2. The maximum Gasteiger partial charge on any atom is 0.254 e. The molecule has 1 aromatic heterocycles. The highest BCUT2D eigenvalue weighted by Gasteiger charge is 2.24. The largest absolute Gasteiger partial charge is 0.467 e. The molecule has 3 aromatic rings. The zero-order chi connectivity index (χ0) is 20.2. The predicted molar refractivity (Wildman–Crippen MR) is 110 cm³/mol. The van der Waals surface area contributed by atoms with Gasteiger partial charge < -0.3 is 14.6 Å². The Morgan fingerprint density at radius 3 is 2.45 bits per heavy atom. The third-order valence-corrected chi connectivity index (χ3v) is 4.98. The van der Waals surface area contributed by atoms with Gasteiger partial charge in [0, 0.05) is 23.7 Å². The van der Waals surface area contributed by atoms with E-state index in [-0.39, 0.29) is 11.8 Å². The normalized spacial score (nSPS) is 13.1. The van der Waals surface area contributed by atoms with E-state index in [4.69, 9.17) is 4.42 Å². The lowest BCUT2D eigenvalue weighted by Gasteiger charge is -2.22. The summed E-state index contributed by atoms with van der Waals surface area (Å²) in [4.78, 5) is 27.1. The van der Waals surface area contributed by atoms with Crippen LogP contribution in [0, 0.1) is 6.92 Å². The summed E-state index contributed by atoms with van der Waals surface area (Å²) in [6.45, 7) is 2.78. The molecule has 1 aliphatic carbocycles. The Morgan fingerprint density at radius 1 is 1.00 bits per heavy atom. The summed E-state index contributed by atoms with van der Waals surface area (Å²) in [5.74, 6) is 0.634. The third kappa shape index (κ3) is 4.93. The molecule has 0 spiro atoms. The quantitative estimate of drug-likeness (QED) is 0.656. The molecule has 0 unspecified atom stereocenters. The van der Waals surface area contributed by atoms with E-state index in [2.05, 4.69) is 5.32 Å². The maximum atomic E-state index is 13.2. The average molecular weight is 388 g/mol. The van der Waals surface area contributed by atoms with Crippen molar-refractivity contribution in [1.82, 2.24) is 10.2 Å². The van der Waals surface area contributed by atoms with Gasteiger partial charge >= 0.3 is 0 Å². The van der Waals surface area contributed by atoms with Gasteiger partial charge in [-0.3, -0.25) is 9.59 Å². The first-order chi connectivity index (χ1) is 14.1. The Morgan fingerprint density at radius 2 is 1.79 bits per heavy atom. The average Bonchev–Trinajstić information content (AvgIpc) is 3.39. The minimum atomic E-state index is -0.0550. The molecule has 2 amide bonds. The van der Waals surface area contributed by atoms with Crippen molar-refractivity contribution in [2.45, 2.75) is 38.9 Å². The number of nitrogens with zero attached hydrogens (tertiary/aromatic N) is 1. The van der Waals surface area contributed by atoms with Crippen LogP contribution in [0.3, 0.4) is 0 Å². The van der Waals surface area contributed by atoms with Crippen molar-refractivity contribution < 1.29 is 14.0 Å². The van der Waals surface area contributed by atoms with E-state index >= 15 is 0 Å². The standard InChI is InChI=1S/C24H24N2O3/c1-17-4-2-5-20(14-17)24(28)26(16-22-6-3-13-29-22)15-18-7-9-19(10-8-18)23(27)25-21-11-12-21/h2-10,13-14,21H,11-12,15-16H2,1H3,(H,25,27). The number of carbonyl (C=O) groups is 2. The van der Waals surface area contributed by atoms with Gasteiger partial charge in [0.2, 0.25) is 0 Å². The Bertz CT molecular complexity index is 989. The molecule has 0 radical (unpaired) electrons. The Kier molecular flexibility index (Phi) is 5.47. The molecule has 1 saturated carbocycles.